The van der Waals surface area contributed by atoms with Gasteiger partial charge in [-0.2, -0.15) is 0 Å². The lowest BCUT2D eigenvalue weighted by Crippen LogP contribution is -2.26. The molecule has 26 heavy (non-hydrogen) atoms. The first-order chi connectivity index (χ1) is 12.2. The third-order valence-corrected chi connectivity index (χ3v) is 4.01. The van der Waals surface area contributed by atoms with Crippen molar-refractivity contribution in [3.8, 4) is 0 Å². The number of amides is 1. The van der Waals surface area contributed by atoms with E-state index in [0.29, 0.717) is 16.7 Å². The average molecular weight is 359 g/mol. The first kappa shape index (κ1) is 19.2. The molecule has 0 unspecified atom stereocenters. The standard InChI is InChI=1S/C18H21N3O5/c1-6-26-17(24)14(11(2)22)10-21(12(3)23)13-7-8-15-16(9-13)20(5)18(25)19(15)4/h7-10H,6H2,1-5H3/b14-10+. The summed E-state index contributed by atoms with van der Waals surface area (Å²) in [7, 11) is 3.28. The van der Waals surface area contributed by atoms with Crippen LogP contribution in [0.5, 0.6) is 0 Å². The summed E-state index contributed by atoms with van der Waals surface area (Å²) in [6.07, 6.45) is 1.17. The maximum absolute atomic E-state index is 12.1. The van der Waals surface area contributed by atoms with E-state index < -0.39 is 17.7 Å². The minimum absolute atomic E-state index is 0.113. The Morgan fingerprint density at radius 3 is 2.27 bits per heavy atom. The number of nitrogens with zero attached hydrogens (tertiary/aromatic N) is 3. The summed E-state index contributed by atoms with van der Waals surface area (Å²) in [6, 6.07) is 4.99. The number of hydrogen-bond acceptors (Lipinski definition) is 5. The van der Waals surface area contributed by atoms with Gasteiger partial charge in [-0.1, -0.05) is 0 Å². The van der Waals surface area contributed by atoms with Gasteiger partial charge in [-0.05, 0) is 32.0 Å². The maximum atomic E-state index is 12.1. The van der Waals surface area contributed by atoms with E-state index in [1.807, 2.05) is 0 Å². The fourth-order valence-corrected chi connectivity index (χ4v) is 2.62. The van der Waals surface area contributed by atoms with Crippen molar-refractivity contribution in [3.63, 3.8) is 0 Å². The van der Waals surface area contributed by atoms with E-state index in [0.717, 1.165) is 0 Å². The fourth-order valence-electron chi connectivity index (χ4n) is 2.62. The van der Waals surface area contributed by atoms with Gasteiger partial charge >= 0.3 is 11.7 Å². The van der Waals surface area contributed by atoms with Gasteiger partial charge in [0.05, 0.1) is 23.3 Å². The summed E-state index contributed by atoms with van der Waals surface area (Å²) >= 11 is 0. The number of esters is 1. The largest absolute Gasteiger partial charge is 0.462 e. The zero-order valence-corrected chi connectivity index (χ0v) is 15.4. The molecule has 0 N–H and O–H groups in total. The third-order valence-electron chi connectivity index (χ3n) is 4.01. The van der Waals surface area contributed by atoms with Crippen LogP contribution in [0, 0.1) is 0 Å². The van der Waals surface area contributed by atoms with Gasteiger partial charge in [0.2, 0.25) is 5.91 Å². The van der Waals surface area contributed by atoms with Crippen molar-refractivity contribution < 1.29 is 19.1 Å². The van der Waals surface area contributed by atoms with E-state index >= 15 is 0 Å². The number of Topliss-reactive ketones (excluding diaryl/α,β-unsaturated/α-hetero) is 1. The van der Waals surface area contributed by atoms with Crippen LogP contribution in [0.2, 0.25) is 0 Å². The van der Waals surface area contributed by atoms with Gasteiger partial charge in [0.15, 0.2) is 5.78 Å². The van der Waals surface area contributed by atoms with E-state index in [1.165, 1.54) is 34.1 Å². The molecule has 0 aliphatic heterocycles. The molecule has 1 heterocycles. The number of benzene rings is 1. The lowest BCUT2D eigenvalue weighted by atomic mass is 10.2. The maximum Gasteiger partial charge on any atom is 0.343 e. The predicted octanol–water partition coefficient (Wildman–Crippen LogP) is 1.27. The molecule has 0 bridgehead atoms. The van der Waals surface area contributed by atoms with Gasteiger partial charge in [0.25, 0.3) is 0 Å². The molecule has 1 amide bonds. The molecular formula is C18H21N3O5. The Balaban J connectivity index is 2.61. The molecule has 0 aliphatic carbocycles. The van der Waals surface area contributed by atoms with Crippen LogP contribution in [-0.4, -0.2) is 33.4 Å². The molecule has 0 saturated heterocycles. The highest BCUT2D eigenvalue weighted by Gasteiger charge is 2.20. The van der Waals surface area contributed by atoms with E-state index in [1.54, 1.807) is 39.2 Å². The van der Waals surface area contributed by atoms with E-state index in [4.69, 9.17) is 4.74 Å². The van der Waals surface area contributed by atoms with Crippen molar-refractivity contribution in [2.45, 2.75) is 20.8 Å². The van der Waals surface area contributed by atoms with Gasteiger partial charge in [-0.3, -0.25) is 23.6 Å². The molecule has 1 aromatic heterocycles. The monoisotopic (exact) mass is 359 g/mol. The summed E-state index contributed by atoms with van der Waals surface area (Å²) in [5, 5.41) is 0. The Morgan fingerprint density at radius 1 is 1.12 bits per heavy atom. The van der Waals surface area contributed by atoms with E-state index in [2.05, 4.69) is 0 Å². The minimum Gasteiger partial charge on any atom is -0.462 e. The van der Waals surface area contributed by atoms with Crippen molar-refractivity contribution in [1.82, 2.24) is 9.13 Å². The average Bonchev–Trinajstić information content (AvgIpc) is 2.79. The zero-order valence-electron chi connectivity index (χ0n) is 15.4. The first-order valence-corrected chi connectivity index (χ1v) is 8.04. The minimum atomic E-state index is -0.792. The quantitative estimate of drug-likeness (QED) is 0.347. The first-order valence-electron chi connectivity index (χ1n) is 8.04. The van der Waals surface area contributed by atoms with Crippen LogP contribution in [0.1, 0.15) is 20.8 Å². The number of fused-ring (bicyclic) bond motifs is 1. The lowest BCUT2D eigenvalue weighted by Gasteiger charge is -2.18. The van der Waals surface area contributed by atoms with Gasteiger partial charge in [-0.25, -0.2) is 9.59 Å². The lowest BCUT2D eigenvalue weighted by molar-refractivity contribution is -0.139. The highest BCUT2D eigenvalue weighted by molar-refractivity contribution is 6.17. The normalized spacial score (nSPS) is 11.5. The molecule has 0 saturated carbocycles. The fraction of sp³-hybridized carbons (Fsp3) is 0.333. The molecule has 8 nitrogen and oxygen atoms in total. The Bertz CT molecular complexity index is 981. The molecule has 0 fully saturated rings. The molecule has 0 atom stereocenters. The molecule has 8 heteroatoms. The summed E-state index contributed by atoms with van der Waals surface area (Å²) < 4.78 is 7.82. The van der Waals surface area contributed by atoms with Crippen LogP contribution >= 0.6 is 0 Å². The van der Waals surface area contributed by atoms with Gasteiger partial charge < -0.3 is 4.74 Å². The van der Waals surface area contributed by atoms with Crippen molar-refractivity contribution in [2.24, 2.45) is 14.1 Å². The van der Waals surface area contributed by atoms with E-state index in [9.17, 15) is 19.2 Å². The van der Waals surface area contributed by atoms with Gasteiger partial charge in [0.1, 0.15) is 5.57 Å². The molecule has 0 radical (unpaired) electrons. The molecule has 0 spiro atoms. The number of ketones is 1. The Hall–Kier alpha value is -3.16. The van der Waals surface area contributed by atoms with Crippen LogP contribution in [-0.2, 0) is 33.2 Å². The third kappa shape index (κ3) is 3.44. The number of ether oxygens (including phenoxy) is 1. The van der Waals surface area contributed by atoms with Crippen molar-refractivity contribution >= 4 is 34.4 Å². The molecule has 1 aromatic carbocycles. The number of aromatic nitrogens is 2. The molecule has 2 rings (SSSR count). The second kappa shape index (κ2) is 7.38. The highest BCUT2D eigenvalue weighted by Crippen LogP contribution is 2.22. The number of carbonyl (C=O) groups is 3. The topological polar surface area (TPSA) is 90.6 Å². The van der Waals surface area contributed by atoms with Crippen molar-refractivity contribution in [1.29, 1.82) is 0 Å². The zero-order chi connectivity index (χ0) is 19.6. The number of hydrogen-bond donors (Lipinski definition) is 0. The Morgan fingerprint density at radius 2 is 1.73 bits per heavy atom. The number of anilines is 1. The number of aryl methyl sites for hydroxylation is 2. The van der Waals surface area contributed by atoms with Gasteiger partial charge in [-0.15, -0.1) is 0 Å². The number of rotatable bonds is 5. The molecular weight excluding hydrogens is 338 g/mol. The van der Waals surface area contributed by atoms with Crippen molar-refractivity contribution in [2.75, 3.05) is 11.5 Å². The second-order valence-electron chi connectivity index (χ2n) is 5.78. The van der Waals surface area contributed by atoms with Crippen LogP contribution < -0.4 is 10.6 Å². The highest BCUT2D eigenvalue weighted by atomic mass is 16.5. The SMILES string of the molecule is CCOC(=O)/C(=C/N(C(C)=O)c1ccc2c(c1)n(C)c(=O)n2C)C(C)=O. The predicted molar refractivity (Wildman–Crippen MR) is 96.7 cm³/mol. The van der Waals surface area contributed by atoms with Crippen LogP contribution in [0.15, 0.2) is 34.8 Å². The summed E-state index contributed by atoms with van der Waals surface area (Å²) in [4.78, 5) is 49.2. The molecule has 2 aromatic rings. The van der Waals surface area contributed by atoms with E-state index in [-0.39, 0.29) is 17.9 Å². The Kier molecular flexibility index (Phi) is 5.44. The summed E-state index contributed by atoms with van der Waals surface area (Å²) in [6.45, 7) is 4.28. The van der Waals surface area contributed by atoms with Crippen molar-refractivity contribution in [3.05, 3.63) is 40.5 Å². The Labute approximate surface area is 150 Å². The van der Waals surface area contributed by atoms with Crippen LogP contribution in [0.25, 0.3) is 11.0 Å². The smallest absolute Gasteiger partial charge is 0.343 e. The van der Waals surface area contributed by atoms with Crippen LogP contribution in [0.4, 0.5) is 5.69 Å². The summed E-state index contributed by atoms with van der Waals surface area (Å²) in [5.74, 6) is -1.70. The number of carbonyl (C=O) groups excluding carboxylic acids is 3. The molecule has 0 aliphatic rings. The van der Waals surface area contributed by atoms with Crippen LogP contribution in [0.3, 0.4) is 0 Å². The number of imidazole rings is 1. The summed E-state index contributed by atoms with van der Waals surface area (Å²) in [5.41, 5.74) is 1.32. The van der Waals surface area contributed by atoms with Gasteiger partial charge in [0, 0.05) is 27.2 Å². The molecule has 138 valence electrons. The second-order valence-corrected chi connectivity index (χ2v) is 5.78.